The Hall–Kier alpha value is -3.93. The number of carboxylic acid groups (broad SMARTS) is 1. The summed E-state index contributed by atoms with van der Waals surface area (Å²) >= 11 is 0. The van der Waals surface area contributed by atoms with Gasteiger partial charge in [0.2, 0.25) is 17.7 Å². The number of aliphatic carboxylic acids is 1. The Kier molecular flexibility index (Phi) is 8.72. The molecule has 0 radical (unpaired) electrons. The molecule has 1 aromatic heterocycles. The summed E-state index contributed by atoms with van der Waals surface area (Å²) in [6.07, 6.45) is 3.23. The zero-order chi connectivity index (χ0) is 23.7. The number of aromatic amines is 1. The largest absolute Gasteiger partial charge is 0.508 e. The number of carboxylic acids is 1. The zero-order valence-corrected chi connectivity index (χ0v) is 17.4. The minimum Gasteiger partial charge on any atom is -0.508 e. The van der Waals surface area contributed by atoms with Crippen LogP contribution in [-0.4, -0.2) is 68.5 Å². The Labute approximate surface area is 183 Å². The Morgan fingerprint density at radius 3 is 2.34 bits per heavy atom. The quantitative estimate of drug-likeness (QED) is 0.214. The fourth-order valence-corrected chi connectivity index (χ4v) is 2.77. The van der Waals surface area contributed by atoms with E-state index in [1.165, 1.54) is 31.6 Å². The van der Waals surface area contributed by atoms with Crippen LogP contribution >= 0.6 is 0 Å². The fraction of sp³-hybridized carbons (Fsp3) is 0.350. The molecule has 12 nitrogen and oxygen atoms in total. The van der Waals surface area contributed by atoms with E-state index < -0.39 is 48.4 Å². The van der Waals surface area contributed by atoms with Crippen LogP contribution in [0.3, 0.4) is 0 Å². The highest BCUT2D eigenvalue weighted by molar-refractivity contribution is 5.93. The molecule has 0 aliphatic rings. The molecule has 0 bridgehead atoms. The van der Waals surface area contributed by atoms with Gasteiger partial charge in [0, 0.05) is 24.7 Å². The maximum atomic E-state index is 12.6. The van der Waals surface area contributed by atoms with E-state index in [9.17, 15) is 24.3 Å². The van der Waals surface area contributed by atoms with E-state index in [1.54, 1.807) is 12.1 Å². The van der Waals surface area contributed by atoms with Crippen LogP contribution in [0, 0.1) is 0 Å². The normalized spacial score (nSPS) is 13.4. The van der Waals surface area contributed by atoms with E-state index >= 15 is 0 Å². The van der Waals surface area contributed by atoms with Crippen LogP contribution in [0.15, 0.2) is 36.8 Å². The number of H-pyrrole nitrogens is 1. The number of rotatable bonds is 11. The molecule has 8 N–H and O–H groups in total. The second kappa shape index (κ2) is 11.5. The lowest BCUT2D eigenvalue weighted by Gasteiger charge is -2.22. The summed E-state index contributed by atoms with van der Waals surface area (Å²) < 4.78 is 0. The molecule has 3 amide bonds. The molecule has 0 saturated heterocycles. The monoisotopic (exact) mass is 446 g/mol. The Morgan fingerprint density at radius 2 is 1.75 bits per heavy atom. The van der Waals surface area contributed by atoms with E-state index in [2.05, 4.69) is 25.9 Å². The highest BCUT2D eigenvalue weighted by Crippen LogP contribution is 2.11. The maximum Gasteiger partial charge on any atom is 0.322 e. The number of imidazole rings is 1. The molecule has 0 spiro atoms. The minimum absolute atomic E-state index is 0.0347. The van der Waals surface area contributed by atoms with Crippen LogP contribution in [-0.2, 0) is 32.0 Å². The van der Waals surface area contributed by atoms with Gasteiger partial charge in [0.15, 0.2) is 0 Å². The Balaban J connectivity index is 1.99. The van der Waals surface area contributed by atoms with E-state index in [1.807, 2.05) is 0 Å². The predicted molar refractivity (Wildman–Crippen MR) is 112 cm³/mol. The second-order valence-electron chi connectivity index (χ2n) is 7.16. The lowest BCUT2D eigenvalue weighted by molar-refractivity contribution is -0.138. The Morgan fingerprint density at radius 1 is 1.06 bits per heavy atom. The van der Waals surface area contributed by atoms with Gasteiger partial charge in [0.1, 0.15) is 24.4 Å². The first-order valence-corrected chi connectivity index (χ1v) is 9.76. The first kappa shape index (κ1) is 24.3. The number of carbonyl (C=O) groups excluding carboxylic acids is 3. The molecule has 172 valence electrons. The first-order valence-electron chi connectivity index (χ1n) is 9.76. The first-order chi connectivity index (χ1) is 15.2. The highest BCUT2D eigenvalue weighted by atomic mass is 16.4. The number of nitrogens with zero attached hydrogens (tertiary/aromatic N) is 1. The van der Waals surface area contributed by atoms with Crippen molar-refractivity contribution in [3.63, 3.8) is 0 Å². The lowest BCUT2D eigenvalue weighted by Crippen LogP contribution is -2.55. The van der Waals surface area contributed by atoms with Gasteiger partial charge in [-0.2, -0.15) is 0 Å². The highest BCUT2D eigenvalue weighted by Gasteiger charge is 2.26. The molecule has 1 heterocycles. The van der Waals surface area contributed by atoms with Gasteiger partial charge in [-0.3, -0.25) is 19.2 Å². The van der Waals surface area contributed by atoms with Crippen molar-refractivity contribution in [3.8, 4) is 5.75 Å². The topological polar surface area (TPSA) is 200 Å². The molecular formula is C20H26N6O6. The van der Waals surface area contributed by atoms with Crippen molar-refractivity contribution in [3.05, 3.63) is 48.0 Å². The third-order valence-electron chi connectivity index (χ3n) is 4.51. The number of phenolic OH excluding ortho intramolecular Hbond substituents is 1. The van der Waals surface area contributed by atoms with Gasteiger partial charge in [-0.15, -0.1) is 0 Å². The standard InChI is InChI=1S/C20H26N6O6/c1-11(25-19(31)15(21)7-13-8-22-10-24-13)18(30)26-16(20(32)23-9-17(28)29)6-12-2-4-14(27)5-3-12/h2-5,8,10-11,15-16,27H,6-7,9,21H2,1H3,(H,22,24)(H,23,32)(H,25,31)(H,26,30)(H,28,29). The van der Waals surface area contributed by atoms with Gasteiger partial charge in [-0.25, -0.2) is 4.98 Å². The van der Waals surface area contributed by atoms with Crippen molar-refractivity contribution in [1.29, 1.82) is 0 Å². The molecule has 0 fully saturated rings. The lowest BCUT2D eigenvalue weighted by atomic mass is 10.0. The minimum atomic E-state index is -1.24. The van der Waals surface area contributed by atoms with Crippen molar-refractivity contribution in [2.75, 3.05) is 6.54 Å². The van der Waals surface area contributed by atoms with Crippen LogP contribution < -0.4 is 21.7 Å². The zero-order valence-electron chi connectivity index (χ0n) is 17.4. The molecule has 32 heavy (non-hydrogen) atoms. The van der Waals surface area contributed by atoms with E-state index in [0.29, 0.717) is 11.3 Å². The van der Waals surface area contributed by atoms with Gasteiger partial charge in [-0.05, 0) is 24.6 Å². The molecule has 0 aliphatic heterocycles. The second-order valence-corrected chi connectivity index (χ2v) is 7.16. The predicted octanol–water partition coefficient (Wildman–Crippen LogP) is -1.58. The maximum absolute atomic E-state index is 12.6. The summed E-state index contributed by atoms with van der Waals surface area (Å²) in [7, 11) is 0. The van der Waals surface area contributed by atoms with Gasteiger partial charge in [-0.1, -0.05) is 12.1 Å². The van der Waals surface area contributed by atoms with Gasteiger partial charge >= 0.3 is 5.97 Å². The molecule has 2 aromatic rings. The third-order valence-corrected chi connectivity index (χ3v) is 4.51. The van der Waals surface area contributed by atoms with Gasteiger partial charge in [0.05, 0.1) is 12.4 Å². The molecule has 3 atom stereocenters. The van der Waals surface area contributed by atoms with E-state index in [0.717, 1.165) is 0 Å². The van der Waals surface area contributed by atoms with Crippen molar-refractivity contribution in [1.82, 2.24) is 25.9 Å². The average Bonchev–Trinajstić information content (AvgIpc) is 3.25. The van der Waals surface area contributed by atoms with E-state index in [-0.39, 0.29) is 18.6 Å². The molecular weight excluding hydrogens is 420 g/mol. The van der Waals surface area contributed by atoms with Gasteiger partial charge in [0.25, 0.3) is 0 Å². The average molecular weight is 446 g/mol. The number of hydrogen-bond acceptors (Lipinski definition) is 7. The third kappa shape index (κ3) is 7.72. The number of amides is 3. The van der Waals surface area contributed by atoms with Crippen molar-refractivity contribution in [2.45, 2.75) is 37.9 Å². The number of phenols is 1. The van der Waals surface area contributed by atoms with E-state index in [4.69, 9.17) is 10.8 Å². The molecule has 0 saturated carbocycles. The summed E-state index contributed by atoms with van der Waals surface area (Å²) in [5.41, 5.74) is 7.14. The number of nitrogens with two attached hydrogens (primary N) is 1. The van der Waals surface area contributed by atoms with Crippen molar-refractivity contribution >= 4 is 23.7 Å². The van der Waals surface area contributed by atoms with Crippen LogP contribution in [0.5, 0.6) is 5.75 Å². The van der Waals surface area contributed by atoms with Crippen LogP contribution in [0.25, 0.3) is 0 Å². The van der Waals surface area contributed by atoms with Crippen molar-refractivity contribution in [2.24, 2.45) is 5.73 Å². The van der Waals surface area contributed by atoms with Crippen LogP contribution in [0.4, 0.5) is 0 Å². The molecule has 2 rings (SSSR count). The molecule has 0 aliphatic carbocycles. The van der Waals surface area contributed by atoms with Crippen LogP contribution in [0.1, 0.15) is 18.2 Å². The fourth-order valence-electron chi connectivity index (χ4n) is 2.77. The number of benzene rings is 1. The summed E-state index contributed by atoms with van der Waals surface area (Å²) in [6.45, 7) is 0.818. The summed E-state index contributed by atoms with van der Waals surface area (Å²) in [4.78, 5) is 54.7. The van der Waals surface area contributed by atoms with Gasteiger partial charge < -0.3 is 36.9 Å². The van der Waals surface area contributed by atoms with Crippen LogP contribution in [0.2, 0.25) is 0 Å². The number of carbonyl (C=O) groups is 4. The molecule has 1 aromatic carbocycles. The number of nitrogens with one attached hydrogen (secondary N) is 4. The number of aromatic nitrogens is 2. The number of aromatic hydroxyl groups is 1. The van der Waals surface area contributed by atoms with Crippen molar-refractivity contribution < 1.29 is 29.4 Å². The molecule has 12 heteroatoms. The summed E-state index contributed by atoms with van der Waals surface area (Å²) in [5, 5.41) is 25.4. The summed E-state index contributed by atoms with van der Waals surface area (Å²) in [6, 6.07) is 2.95. The molecule has 3 unspecified atom stereocenters. The number of hydrogen-bond donors (Lipinski definition) is 7. The SMILES string of the molecule is CC(NC(=O)C(N)Cc1cnc[nH]1)C(=O)NC(Cc1ccc(O)cc1)C(=O)NCC(=O)O. The smallest absolute Gasteiger partial charge is 0.322 e. The Bertz CT molecular complexity index is 931. The summed E-state index contributed by atoms with van der Waals surface area (Å²) in [5.74, 6) is -3.12.